The van der Waals surface area contributed by atoms with Crippen LogP contribution in [0.3, 0.4) is 0 Å². The van der Waals surface area contributed by atoms with Crippen LogP contribution in [-0.2, 0) is 21.2 Å². The SMILES string of the molecule is CC(=O)NCCCc1ccc(S(N)(=O)=O)cc1. The summed E-state index contributed by atoms with van der Waals surface area (Å²) in [5, 5.41) is 7.68. The van der Waals surface area contributed by atoms with Crippen LogP contribution < -0.4 is 10.5 Å². The highest BCUT2D eigenvalue weighted by atomic mass is 32.2. The lowest BCUT2D eigenvalue weighted by Gasteiger charge is -2.03. The van der Waals surface area contributed by atoms with Crippen molar-refractivity contribution in [1.29, 1.82) is 0 Å². The van der Waals surface area contributed by atoms with Gasteiger partial charge in [0.2, 0.25) is 15.9 Å². The second-order valence-electron chi connectivity index (χ2n) is 3.78. The van der Waals surface area contributed by atoms with Crippen LogP contribution >= 0.6 is 0 Å². The molecule has 17 heavy (non-hydrogen) atoms. The van der Waals surface area contributed by atoms with E-state index in [2.05, 4.69) is 5.32 Å². The zero-order chi connectivity index (χ0) is 12.9. The number of primary sulfonamides is 1. The molecule has 0 unspecified atom stereocenters. The summed E-state index contributed by atoms with van der Waals surface area (Å²) in [4.78, 5) is 10.7. The van der Waals surface area contributed by atoms with Crippen LogP contribution in [0.4, 0.5) is 0 Å². The van der Waals surface area contributed by atoms with Crippen molar-refractivity contribution in [2.24, 2.45) is 5.14 Å². The van der Waals surface area contributed by atoms with E-state index >= 15 is 0 Å². The van der Waals surface area contributed by atoms with Gasteiger partial charge >= 0.3 is 0 Å². The van der Waals surface area contributed by atoms with Crippen molar-refractivity contribution in [3.63, 3.8) is 0 Å². The van der Waals surface area contributed by atoms with Crippen LogP contribution in [0, 0.1) is 0 Å². The minimum absolute atomic E-state index is 0.0467. The fourth-order valence-corrected chi connectivity index (χ4v) is 1.92. The predicted octanol–water partition coefficient (Wildman–Crippen LogP) is 0.403. The van der Waals surface area contributed by atoms with Gasteiger partial charge in [-0.15, -0.1) is 0 Å². The highest BCUT2D eigenvalue weighted by Crippen LogP contribution is 2.09. The van der Waals surface area contributed by atoms with Crippen molar-refractivity contribution in [1.82, 2.24) is 5.32 Å². The first kappa shape index (κ1) is 13.7. The molecule has 0 aliphatic carbocycles. The molecule has 0 aliphatic heterocycles. The van der Waals surface area contributed by atoms with Gasteiger partial charge in [-0.2, -0.15) is 0 Å². The van der Waals surface area contributed by atoms with Crippen LogP contribution in [0.5, 0.6) is 0 Å². The van der Waals surface area contributed by atoms with Crippen molar-refractivity contribution in [2.45, 2.75) is 24.7 Å². The Balaban J connectivity index is 2.49. The van der Waals surface area contributed by atoms with Crippen molar-refractivity contribution >= 4 is 15.9 Å². The average Bonchev–Trinajstić information content (AvgIpc) is 2.23. The minimum atomic E-state index is -3.61. The van der Waals surface area contributed by atoms with E-state index in [0.717, 1.165) is 18.4 Å². The zero-order valence-corrected chi connectivity index (χ0v) is 10.5. The number of hydrogen-bond acceptors (Lipinski definition) is 3. The molecule has 5 nitrogen and oxygen atoms in total. The summed E-state index contributed by atoms with van der Waals surface area (Å²) in [6.07, 6.45) is 1.60. The summed E-state index contributed by atoms with van der Waals surface area (Å²) in [5.74, 6) is -0.0467. The lowest BCUT2D eigenvalue weighted by molar-refractivity contribution is -0.118. The van der Waals surface area contributed by atoms with E-state index < -0.39 is 10.0 Å². The Morgan fingerprint density at radius 2 is 1.88 bits per heavy atom. The van der Waals surface area contributed by atoms with Crippen LogP contribution in [0.15, 0.2) is 29.2 Å². The van der Waals surface area contributed by atoms with Gasteiger partial charge in [-0.25, -0.2) is 13.6 Å². The molecule has 0 spiro atoms. The number of aryl methyl sites for hydroxylation is 1. The van der Waals surface area contributed by atoms with E-state index in [-0.39, 0.29) is 10.8 Å². The summed E-state index contributed by atoms with van der Waals surface area (Å²) >= 11 is 0. The Hall–Kier alpha value is -1.40. The fourth-order valence-electron chi connectivity index (χ4n) is 1.40. The lowest BCUT2D eigenvalue weighted by Crippen LogP contribution is -2.21. The number of rotatable bonds is 5. The molecule has 1 aromatic rings. The number of nitrogens with two attached hydrogens (primary N) is 1. The maximum absolute atomic E-state index is 11.0. The highest BCUT2D eigenvalue weighted by molar-refractivity contribution is 7.89. The van der Waals surface area contributed by atoms with Gasteiger partial charge in [-0.1, -0.05) is 12.1 Å². The monoisotopic (exact) mass is 256 g/mol. The predicted molar refractivity (Wildman–Crippen MR) is 64.8 cm³/mol. The van der Waals surface area contributed by atoms with Crippen molar-refractivity contribution in [3.8, 4) is 0 Å². The summed E-state index contributed by atoms with van der Waals surface area (Å²) in [7, 11) is -3.61. The molecule has 3 N–H and O–H groups in total. The van der Waals surface area contributed by atoms with Gasteiger partial charge in [0.05, 0.1) is 4.90 Å². The normalized spacial score (nSPS) is 11.2. The molecular formula is C11H16N2O3S. The first-order valence-corrected chi connectivity index (χ1v) is 6.80. The summed E-state index contributed by atoms with van der Waals surface area (Å²) in [5.41, 5.74) is 1.02. The molecule has 0 saturated heterocycles. The number of hydrogen-bond donors (Lipinski definition) is 2. The van der Waals surface area contributed by atoms with Crippen LogP contribution in [0.2, 0.25) is 0 Å². The second kappa shape index (κ2) is 5.79. The van der Waals surface area contributed by atoms with E-state index in [1.807, 2.05) is 0 Å². The molecule has 0 fully saturated rings. The average molecular weight is 256 g/mol. The van der Waals surface area contributed by atoms with E-state index in [0.29, 0.717) is 6.54 Å². The summed E-state index contributed by atoms with van der Waals surface area (Å²) < 4.78 is 22.0. The van der Waals surface area contributed by atoms with Gasteiger partial charge in [0.1, 0.15) is 0 Å². The molecular weight excluding hydrogens is 240 g/mol. The van der Waals surface area contributed by atoms with Gasteiger partial charge in [0.15, 0.2) is 0 Å². The van der Waals surface area contributed by atoms with Gasteiger partial charge < -0.3 is 5.32 Å². The standard InChI is InChI=1S/C11H16N2O3S/c1-9(14)13-8-2-3-10-4-6-11(7-5-10)17(12,15)16/h4-7H,2-3,8H2,1H3,(H,13,14)(H2,12,15,16). The molecule has 94 valence electrons. The largest absolute Gasteiger partial charge is 0.356 e. The van der Waals surface area contributed by atoms with Gasteiger partial charge in [-0.3, -0.25) is 4.79 Å². The number of amides is 1. The van der Waals surface area contributed by atoms with Gasteiger partial charge in [0.25, 0.3) is 0 Å². The molecule has 0 bridgehead atoms. The Bertz CT molecular complexity index is 480. The molecule has 0 saturated carbocycles. The topological polar surface area (TPSA) is 89.3 Å². The Morgan fingerprint density at radius 3 is 2.35 bits per heavy atom. The second-order valence-corrected chi connectivity index (χ2v) is 5.34. The minimum Gasteiger partial charge on any atom is -0.356 e. The quantitative estimate of drug-likeness (QED) is 0.747. The number of benzene rings is 1. The molecule has 0 radical (unpaired) electrons. The number of carbonyl (C=O) groups is 1. The van der Waals surface area contributed by atoms with Crippen LogP contribution in [-0.4, -0.2) is 20.9 Å². The summed E-state index contributed by atoms with van der Waals surface area (Å²) in [6.45, 7) is 2.09. The Morgan fingerprint density at radius 1 is 1.29 bits per heavy atom. The van der Waals surface area contributed by atoms with E-state index in [1.165, 1.54) is 19.1 Å². The maximum atomic E-state index is 11.0. The Labute approximate surface area is 101 Å². The van der Waals surface area contributed by atoms with Crippen LogP contribution in [0.25, 0.3) is 0 Å². The first-order chi connectivity index (χ1) is 7.89. The number of sulfonamides is 1. The molecule has 1 aromatic carbocycles. The number of carbonyl (C=O) groups excluding carboxylic acids is 1. The van der Waals surface area contributed by atoms with Crippen molar-refractivity contribution in [2.75, 3.05) is 6.54 Å². The van der Waals surface area contributed by atoms with Gasteiger partial charge in [0, 0.05) is 13.5 Å². The van der Waals surface area contributed by atoms with E-state index in [9.17, 15) is 13.2 Å². The number of nitrogens with one attached hydrogen (secondary N) is 1. The van der Waals surface area contributed by atoms with E-state index in [1.54, 1.807) is 12.1 Å². The highest BCUT2D eigenvalue weighted by Gasteiger charge is 2.06. The third-order valence-corrected chi connectivity index (χ3v) is 3.20. The zero-order valence-electron chi connectivity index (χ0n) is 9.64. The molecule has 0 aromatic heterocycles. The third-order valence-electron chi connectivity index (χ3n) is 2.27. The Kier molecular flexibility index (Phi) is 4.65. The van der Waals surface area contributed by atoms with Crippen molar-refractivity contribution in [3.05, 3.63) is 29.8 Å². The maximum Gasteiger partial charge on any atom is 0.238 e. The third kappa shape index (κ3) is 4.97. The van der Waals surface area contributed by atoms with Crippen molar-refractivity contribution < 1.29 is 13.2 Å². The molecule has 6 heteroatoms. The lowest BCUT2D eigenvalue weighted by atomic mass is 10.1. The summed E-state index contributed by atoms with van der Waals surface area (Å²) in [6, 6.07) is 6.44. The molecule has 1 rings (SSSR count). The fraction of sp³-hybridized carbons (Fsp3) is 0.364. The molecule has 0 aliphatic rings. The van der Waals surface area contributed by atoms with Crippen LogP contribution in [0.1, 0.15) is 18.9 Å². The molecule has 0 heterocycles. The smallest absolute Gasteiger partial charge is 0.238 e. The molecule has 1 amide bonds. The van der Waals surface area contributed by atoms with Gasteiger partial charge in [-0.05, 0) is 30.5 Å². The van der Waals surface area contributed by atoms with E-state index in [4.69, 9.17) is 5.14 Å². The first-order valence-electron chi connectivity index (χ1n) is 5.26. The molecule has 0 atom stereocenters.